The molecule has 1 aliphatic heterocycles. The normalized spacial score (nSPS) is 20.1. The van der Waals surface area contributed by atoms with Crippen molar-refractivity contribution in [2.75, 3.05) is 36.4 Å². The van der Waals surface area contributed by atoms with E-state index in [2.05, 4.69) is 30.5 Å². The average molecular weight is 548 g/mol. The Bertz CT molecular complexity index is 1270. The highest BCUT2D eigenvalue weighted by Crippen LogP contribution is 2.36. The molecule has 3 aromatic rings. The predicted molar refractivity (Wildman–Crippen MR) is 134 cm³/mol. The van der Waals surface area contributed by atoms with Crippen LogP contribution < -0.4 is 16.0 Å². The molecule has 1 aliphatic carbocycles. The van der Waals surface area contributed by atoms with Crippen molar-refractivity contribution in [3.05, 3.63) is 59.7 Å². The van der Waals surface area contributed by atoms with Gasteiger partial charge in [0.1, 0.15) is 12.7 Å². The third kappa shape index (κ3) is 6.44. The molecule has 3 heterocycles. The Balaban J connectivity index is 1.30. The molecule has 1 amide bonds. The molecule has 2 aliphatic rings. The molecule has 0 radical (unpaired) electrons. The maximum Gasteiger partial charge on any atom is 0.416 e. The molecule has 1 saturated carbocycles. The minimum atomic E-state index is -4.42. The number of nitrogens with two attached hydrogens (primary N) is 1. The number of nitrogens with zero attached hydrogens (tertiary/aromatic N) is 6. The number of nitrogens with one attached hydrogen (secondary N) is 2. The largest absolute Gasteiger partial charge is 0.416 e. The van der Waals surface area contributed by atoms with Gasteiger partial charge in [0.25, 0.3) is 0 Å². The number of hydrogen-bond acceptors (Lipinski definition) is 8. The van der Waals surface area contributed by atoms with E-state index in [0.717, 1.165) is 25.0 Å². The lowest BCUT2D eigenvalue weighted by molar-refractivity contribution is -0.137. The number of H-pyrrole nitrogens is 1. The number of piperidine rings is 1. The molecule has 14 heteroatoms. The summed E-state index contributed by atoms with van der Waals surface area (Å²) in [6.45, 7) is 1.94. The number of carbonyl (C=O) groups is 1. The standard InChI is InChI=1S/C25H29F4N9O/c26-21-23(31-9-16-7-8-37(12-20(30)39)11-19(16)22-33-14-35-36-22)32-13-34-24(21)38(18-5-6-18)10-15-1-3-17(4-2-15)25(27,28)29/h1-4,13-14,16,18-19H,5-12H2,(H2,30,39)(H,31,32,34)(H,33,35,36). The summed E-state index contributed by atoms with van der Waals surface area (Å²) in [6.07, 6.45) is 0.751. The topological polar surface area (TPSA) is 129 Å². The molecule has 0 bridgehead atoms. The van der Waals surface area contributed by atoms with Crippen LogP contribution in [-0.2, 0) is 17.5 Å². The fourth-order valence-corrected chi connectivity index (χ4v) is 5.04. The molecule has 4 N–H and O–H groups in total. The highest BCUT2D eigenvalue weighted by Gasteiger charge is 2.35. The van der Waals surface area contributed by atoms with Gasteiger partial charge in [0.15, 0.2) is 17.5 Å². The lowest BCUT2D eigenvalue weighted by Gasteiger charge is -2.37. The van der Waals surface area contributed by atoms with E-state index < -0.39 is 23.5 Å². The maximum absolute atomic E-state index is 15.7. The molecule has 2 atom stereocenters. The second-order valence-corrected chi connectivity index (χ2v) is 10.0. The molecule has 1 saturated heterocycles. The van der Waals surface area contributed by atoms with E-state index >= 15 is 4.39 Å². The molecule has 2 aromatic heterocycles. The third-order valence-electron chi connectivity index (χ3n) is 7.18. The van der Waals surface area contributed by atoms with Crippen molar-refractivity contribution in [1.29, 1.82) is 0 Å². The van der Waals surface area contributed by atoms with Crippen molar-refractivity contribution >= 4 is 17.5 Å². The first-order valence-electron chi connectivity index (χ1n) is 12.7. The molecule has 2 fully saturated rings. The van der Waals surface area contributed by atoms with E-state index in [-0.39, 0.29) is 42.6 Å². The first-order chi connectivity index (χ1) is 18.7. The Kier molecular flexibility index (Phi) is 7.64. The SMILES string of the molecule is NC(=O)CN1CCC(CNc2ncnc(N(Cc3ccc(C(F)(F)F)cc3)C3CC3)c2F)C(c2nc[nH]n2)C1. The van der Waals surface area contributed by atoms with Crippen LogP contribution in [0.5, 0.6) is 0 Å². The number of benzene rings is 1. The van der Waals surface area contributed by atoms with Crippen LogP contribution >= 0.6 is 0 Å². The first-order valence-corrected chi connectivity index (χ1v) is 12.7. The van der Waals surface area contributed by atoms with Gasteiger partial charge in [-0.3, -0.25) is 14.8 Å². The molecule has 0 spiro atoms. The number of anilines is 2. The monoisotopic (exact) mass is 547 g/mol. The second-order valence-electron chi connectivity index (χ2n) is 10.0. The number of amides is 1. The van der Waals surface area contributed by atoms with E-state index in [1.54, 1.807) is 4.90 Å². The predicted octanol–water partition coefficient (Wildman–Crippen LogP) is 2.92. The van der Waals surface area contributed by atoms with Gasteiger partial charge in [-0.1, -0.05) is 12.1 Å². The number of carbonyl (C=O) groups excluding carboxylic acids is 1. The van der Waals surface area contributed by atoms with Gasteiger partial charge in [0.05, 0.1) is 12.1 Å². The Morgan fingerprint density at radius 3 is 2.56 bits per heavy atom. The third-order valence-corrected chi connectivity index (χ3v) is 7.18. The van der Waals surface area contributed by atoms with Gasteiger partial charge in [0.2, 0.25) is 11.7 Å². The molecule has 39 heavy (non-hydrogen) atoms. The Morgan fingerprint density at radius 2 is 1.92 bits per heavy atom. The van der Waals surface area contributed by atoms with Crippen LogP contribution in [-0.4, -0.2) is 68.2 Å². The average Bonchev–Trinajstić information content (AvgIpc) is 3.59. The van der Waals surface area contributed by atoms with Crippen molar-refractivity contribution < 1.29 is 22.4 Å². The summed E-state index contributed by atoms with van der Waals surface area (Å²) in [5, 5.41) is 10.1. The van der Waals surface area contributed by atoms with Crippen LogP contribution in [0.15, 0.2) is 36.9 Å². The summed E-state index contributed by atoms with van der Waals surface area (Å²) in [6, 6.07) is 4.93. The van der Waals surface area contributed by atoms with Gasteiger partial charge in [0, 0.05) is 31.6 Å². The highest BCUT2D eigenvalue weighted by molar-refractivity contribution is 5.75. The number of halogens is 4. The number of rotatable bonds is 10. The van der Waals surface area contributed by atoms with Gasteiger partial charge < -0.3 is 16.0 Å². The van der Waals surface area contributed by atoms with E-state index in [1.165, 1.54) is 24.8 Å². The zero-order valence-corrected chi connectivity index (χ0v) is 21.0. The van der Waals surface area contributed by atoms with Gasteiger partial charge in [-0.15, -0.1) is 0 Å². The quantitative estimate of drug-likeness (QED) is 0.331. The first kappa shape index (κ1) is 26.8. The van der Waals surface area contributed by atoms with E-state index in [0.29, 0.717) is 37.4 Å². The van der Waals surface area contributed by atoms with E-state index in [9.17, 15) is 18.0 Å². The van der Waals surface area contributed by atoms with Crippen LogP contribution in [0.3, 0.4) is 0 Å². The van der Waals surface area contributed by atoms with Crippen molar-refractivity contribution in [1.82, 2.24) is 30.0 Å². The van der Waals surface area contributed by atoms with Crippen molar-refractivity contribution in [2.45, 2.75) is 43.9 Å². The molecule has 2 unspecified atom stereocenters. The van der Waals surface area contributed by atoms with Crippen molar-refractivity contribution in [2.24, 2.45) is 11.7 Å². The lowest BCUT2D eigenvalue weighted by Crippen LogP contribution is -2.45. The fourth-order valence-electron chi connectivity index (χ4n) is 5.04. The van der Waals surface area contributed by atoms with Gasteiger partial charge in [-0.2, -0.15) is 22.7 Å². The van der Waals surface area contributed by atoms with Crippen LogP contribution in [0, 0.1) is 11.7 Å². The molecule has 1 aromatic carbocycles. The Morgan fingerprint density at radius 1 is 1.15 bits per heavy atom. The number of aromatic nitrogens is 5. The number of aromatic amines is 1. The van der Waals surface area contributed by atoms with Gasteiger partial charge in [-0.25, -0.2) is 15.0 Å². The van der Waals surface area contributed by atoms with Crippen LogP contribution in [0.2, 0.25) is 0 Å². The number of alkyl halides is 3. The molecule has 10 nitrogen and oxygen atoms in total. The smallest absolute Gasteiger partial charge is 0.369 e. The Hall–Kier alpha value is -3.81. The number of hydrogen-bond donors (Lipinski definition) is 3. The van der Waals surface area contributed by atoms with E-state index in [1.807, 2.05) is 4.90 Å². The zero-order valence-electron chi connectivity index (χ0n) is 21.0. The summed E-state index contributed by atoms with van der Waals surface area (Å²) in [5.41, 5.74) is 5.27. The van der Waals surface area contributed by atoms with Crippen LogP contribution in [0.1, 0.15) is 42.1 Å². The molecular formula is C25H29F4N9O. The maximum atomic E-state index is 15.7. The van der Waals surface area contributed by atoms with E-state index in [4.69, 9.17) is 5.73 Å². The van der Waals surface area contributed by atoms with Crippen LogP contribution in [0.4, 0.5) is 29.2 Å². The summed E-state index contributed by atoms with van der Waals surface area (Å²) in [7, 11) is 0. The van der Waals surface area contributed by atoms with Crippen LogP contribution in [0.25, 0.3) is 0 Å². The lowest BCUT2D eigenvalue weighted by atomic mass is 9.84. The number of likely N-dealkylation sites (tertiary alicyclic amines) is 1. The summed E-state index contributed by atoms with van der Waals surface area (Å²) >= 11 is 0. The molecular weight excluding hydrogens is 518 g/mol. The van der Waals surface area contributed by atoms with Gasteiger partial charge >= 0.3 is 6.18 Å². The Labute approximate surface area is 222 Å². The summed E-state index contributed by atoms with van der Waals surface area (Å²) in [5.74, 6) is -0.332. The zero-order chi connectivity index (χ0) is 27.6. The fraction of sp³-hybridized carbons (Fsp3) is 0.480. The summed E-state index contributed by atoms with van der Waals surface area (Å²) in [4.78, 5) is 27.8. The van der Waals surface area contributed by atoms with Crippen molar-refractivity contribution in [3.8, 4) is 0 Å². The summed E-state index contributed by atoms with van der Waals surface area (Å²) < 4.78 is 54.5. The van der Waals surface area contributed by atoms with Gasteiger partial charge in [-0.05, 0) is 49.4 Å². The molecule has 208 valence electrons. The minimum Gasteiger partial charge on any atom is -0.369 e. The minimum absolute atomic E-state index is 0.0365. The second kappa shape index (κ2) is 11.1. The highest BCUT2D eigenvalue weighted by atomic mass is 19.4. The molecule has 5 rings (SSSR count). The van der Waals surface area contributed by atoms with Crippen molar-refractivity contribution in [3.63, 3.8) is 0 Å². The number of primary amides is 1.